The summed E-state index contributed by atoms with van der Waals surface area (Å²) < 4.78 is 0.925. The fraction of sp³-hybridized carbons (Fsp3) is 0.333. The van der Waals surface area contributed by atoms with Gasteiger partial charge in [-0.25, -0.2) is 0 Å². The van der Waals surface area contributed by atoms with Gasteiger partial charge >= 0.3 is 11.8 Å². The molecule has 1 fully saturated rings. The van der Waals surface area contributed by atoms with E-state index in [-0.39, 0.29) is 0 Å². The number of amides is 2. The SMILES string of the molecule is O=C(Nc1ccc(Br)cc1)C(=O)N1CCNCC1. The molecular formula is C12H14BrN3O2. The van der Waals surface area contributed by atoms with Crippen molar-refractivity contribution in [3.05, 3.63) is 28.7 Å². The molecule has 1 saturated heterocycles. The molecule has 2 amide bonds. The molecule has 1 aromatic carbocycles. The zero-order chi connectivity index (χ0) is 13.0. The summed E-state index contributed by atoms with van der Waals surface area (Å²) in [7, 11) is 0. The second-order valence-corrected chi connectivity index (χ2v) is 4.92. The summed E-state index contributed by atoms with van der Waals surface area (Å²) in [5.41, 5.74) is 0.617. The van der Waals surface area contributed by atoms with Crippen LogP contribution in [0.15, 0.2) is 28.7 Å². The van der Waals surface area contributed by atoms with Crippen LogP contribution >= 0.6 is 15.9 Å². The van der Waals surface area contributed by atoms with Gasteiger partial charge in [0.2, 0.25) is 0 Å². The molecular weight excluding hydrogens is 298 g/mol. The molecule has 0 spiro atoms. The van der Waals surface area contributed by atoms with Crippen LogP contribution in [0.1, 0.15) is 0 Å². The summed E-state index contributed by atoms with van der Waals surface area (Å²) >= 11 is 3.31. The highest BCUT2D eigenvalue weighted by atomic mass is 79.9. The van der Waals surface area contributed by atoms with E-state index in [0.717, 1.165) is 17.6 Å². The number of hydrogen-bond donors (Lipinski definition) is 2. The lowest BCUT2D eigenvalue weighted by atomic mass is 10.3. The van der Waals surface area contributed by atoms with Crippen LogP contribution in [0.3, 0.4) is 0 Å². The Labute approximate surface area is 114 Å². The summed E-state index contributed by atoms with van der Waals surface area (Å²) in [6.45, 7) is 2.62. The van der Waals surface area contributed by atoms with E-state index in [0.29, 0.717) is 18.8 Å². The Balaban J connectivity index is 1.94. The second-order valence-electron chi connectivity index (χ2n) is 4.00. The fourth-order valence-corrected chi connectivity index (χ4v) is 1.99. The number of piperazine rings is 1. The van der Waals surface area contributed by atoms with Crippen LogP contribution in [0.5, 0.6) is 0 Å². The van der Waals surface area contributed by atoms with Crippen molar-refractivity contribution in [1.29, 1.82) is 0 Å². The van der Waals surface area contributed by atoms with E-state index in [1.165, 1.54) is 0 Å². The molecule has 0 aromatic heterocycles. The molecule has 0 atom stereocenters. The molecule has 5 nitrogen and oxygen atoms in total. The molecule has 0 unspecified atom stereocenters. The average Bonchev–Trinajstić information content (AvgIpc) is 2.41. The number of rotatable bonds is 1. The predicted molar refractivity (Wildman–Crippen MR) is 72.2 cm³/mol. The van der Waals surface area contributed by atoms with E-state index in [1.54, 1.807) is 17.0 Å². The zero-order valence-electron chi connectivity index (χ0n) is 9.78. The van der Waals surface area contributed by atoms with Crippen molar-refractivity contribution < 1.29 is 9.59 Å². The van der Waals surface area contributed by atoms with Crippen LogP contribution in [0.4, 0.5) is 5.69 Å². The van der Waals surface area contributed by atoms with Crippen LogP contribution in [0.2, 0.25) is 0 Å². The van der Waals surface area contributed by atoms with Gasteiger partial charge in [-0.2, -0.15) is 0 Å². The van der Waals surface area contributed by atoms with E-state index in [9.17, 15) is 9.59 Å². The second kappa shape index (κ2) is 5.97. The van der Waals surface area contributed by atoms with Crippen molar-refractivity contribution in [1.82, 2.24) is 10.2 Å². The highest BCUT2D eigenvalue weighted by Crippen LogP contribution is 2.14. The maximum atomic E-state index is 11.8. The molecule has 0 aliphatic carbocycles. The minimum absolute atomic E-state index is 0.473. The quantitative estimate of drug-likeness (QED) is 0.755. The first-order chi connectivity index (χ1) is 8.66. The molecule has 96 valence electrons. The number of hydrogen-bond acceptors (Lipinski definition) is 3. The summed E-state index contributed by atoms with van der Waals surface area (Å²) in [5, 5.41) is 5.73. The molecule has 0 saturated carbocycles. The van der Waals surface area contributed by atoms with Crippen molar-refractivity contribution >= 4 is 33.4 Å². The maximum absolute atomic E-state index is 11.8. The highest BCUT2D eigenvalue weighted by Gasteiger charge is 2.22. The van der Waals surface area contributed by atoms with Crippen LogP contribution in [-0.4, -0.2) is 42.9 Å². The summed E-state index contributed by atoms with van der Waals surface area (Å²) in [5.74, 6) is -1.06. The lowest BCUT2D eigenvalue weighted by molar-refractivity contribution is -0.143. The standard InChI is InChI=1S/C12H14BrN3O2/c13-9-1-3-10(4-2-9)15-11(17)12(18)16-7-5-14-6-8-16/h1-4,14H,5-8H2,(H,15,17). The van der Waals surface area contributed by atoms with Crippen molar-refractivity contribution in [2.45, 2.75) is 0 Å². The monoisotopic (exact) mass is 311 g/mol. The largest absolute Gasteiger partial charge is 0.332 e. The maximum Gasteiger partial charge on any atom is 0.313 e. The van der Waals surface area contributed by atoms with Crippen molar-refractivity contribution in [3.63, 3.8) is 0 Å². The number of benzene rings is 1. The Morgan fingerprint density at radius 1 is 1.17 bits per heavy atom. The number of carbonyl (C=O) groups is 2. The minimum atomic E-state index is -0.584. The lowest BCUT2D eigenvalue weighted by Gasteiger charge is -2.26. The molecule has 18 heavy (non-hydrogen) atoms. The Morgan fingerprint density at radius 2 is 1.78 bits per heavy atom. The minimum Gasteiger partial charge on any atom is -0.332 e. The van der Waals surface area contributed by atoms with Crippen LogP contribution in [0.25, 0.3) is 0 Å². The van der Waals surface area contributed by atoms with Gasteiger partial charge in [0, 0.05) is 36.3 Å². The van der Waals surface area contributed by atoms with E-state index in [4.69, 9.17) is 0 Å². The molecule has 6 heteroatoms. The third kappa shape index (κ3) is 3.30. The third-order valence-corrected chi connectivity index (χ3v) is 3.23. The van der Waals surface area contributed by atoms with Gasteiger partial charge in [-0.3, -0.25) is 9.59 Å². The van der Waals surface area contributed by atoms with E-state index < -0.39 is 11.8 Å². The molecule has 0 bridgehead atoms. The summed E-state index contributed by atoms with van der Waals surface area (Å²) in [6, 6.07) is 7.11. The van der Waals surface area contributed by atoms with E-state index in [1.807, 2.05) is 12.1 Å². The normalized spacial score (nSPS) is 15.3. The summed E-state index contributed by atoms with van der Waals surface area (Å²) in [4.78, 5) is 25.2. The number of nitrogens with one attached hydrogen (secondary N) is 2. The topological polar surface area (TPSA) is 61.4 Å². The number of nitrogens with zero attached hydrogens (tertiary/aromatic N) is 1. The molecule has 1 aliphatic heterocycles. The highest BCUT2D eigenvalue weighted by molar-refractivity contribution is 9.10. The summed E-state index contributed by atoms with van der Waals surface area (Å²) in [6.07, 6.45) is 0. The molecule has 0 radical (unpaired) electrons. The zero-order valence-corrected chi connectivity index (χ0v) is 11.4. The van der Waals surface area contributed by atoms with Gasteiger partial charge in [-0.05, 0) is 24.3 Å². The molecule has 2 N–H and O–H groups in total. The first-order valence-electron chi connectivity index (χ1n) is 5.73. The van der Waals surface area contributed by atoms with E-state index in [2.05, 4.69) is 26.6 Å². The average molecular weight is 312 g/mol. The van der Waals surface area contributed by atoms with Crippen molar-refractivity contribution in [2.24, 2.45) is 0 Å². The van der Waals surface area contributed by atoms with Crippen molar-refractivity contribution in [2.75, 3.05) is 31.5 Å². The number of anilines is 1. The number of carbonyl (C=O) groups excluding carboxylic acids is 2. The molecule has 1 aromatic rings. The van der Waals surface area contributed by atoms with Gasteiger partial charge in [0.1, 0.15) is 0 Å². The van der Waals surface area contributed by atoms with Gasteiger partial charge in [0.25, 0.3) is 0 Å². The smallest absolute Gasteiger partial charge is 0.313 e. The van der Waals surface area contributed by atoms with Crippen LogP contribution in [-0.2, 0) is 9.59 Å². The van der Waals surface area contributed by atoms with Crippen molar-refractivity contribution in [3.8, 4) is 0 Å². The Morgan fingerprint density at radius 3 is 2.39 bits per heavy atom. The Kier molecular flexibility index (Phi) is 4.33. The number of halogens is 1. The van der Waals surface area contributed by atoms with Gasteiger partial charge in [0.05, 0.1) is 0 Å². The molecule has 1 aliphatic rings. The predicted octanol–water partition coefficient (Wildman–Crippen LogP) is 0.819. The fourth-order valence-electron chi connectivity index (χ4n) is 1.73. The Hall–Kier alpha value is -1.40. The first kappa shape index (κ1) is 13.0. The van der Waals surface area contributed by atoms with Gasteiger partial charge < -0.3 is 15.5 Å². The molecule has 1 heterocycles. The van der Waals surface area contributed by atoms with Gasteiger partial charge in [-0.15, -0.1) is 0 Å². The van der Waals surface area contributed by atoms with Crippen LogP contribution < -0.4 is 10.6 Å². The van der Waals surface area contributed by atoms with Gasteiger partial charge in [-0.1, -0.05) is 15.9 Å². The van der Waals surface area contributed by atoms with Crippen LogP contribution in [0, 0.1) is 0 Å². The van der Waals surface area contributed by atoms with Gasteiger partial charge in [0.15, 0.2) is 0 Å². The molecule has 2 rings (SSSR count). The lowest BCUT2D eigenvalue weighted by Crippen LogP contribution is -2.49. The first-order valence-corrected chi connectivity index (χ1v) is 6.52. The van der Waals surface area contributed by atoms with E-state index >= 15 is 0 Å². The Bertz CT molecular complexity index is 441. The third-order valence-electron chi connectivity index (χ3n) is 2.70.